The van der Waals surface area contributed by atoms with E-state index in [0.29, 0.717) is 23.7 Å². The molecule has 6 aromatic rings. The zero-order chi connectivity index (χ0) is 41.7. The van der Waals surface area contributed by atoms with Crippen LogP contribution in [0.2, 0.25) is 0 Å². The van der Waals surface area contributed by atoms with Crippen LogP contribution in [0.5, 0.6) is 0 Å². The predicted octanol–water partition coefficient (Wildman–Crippen LogP) is 12.0. The maximum Gasteiger partial charge on any atom is 0.0737 e. The first-order valence-electron chi connectivity index (χ1n) is 21.8. The van der Waals surface area contributed by atoms with E-state index in [1.165, 1.54) is 33.4 Å². The molecule has 4 nitrogen and oxygen atoms in total. The van der Waals surface area contributed by atoms with Gasteiger partial charge in [0.2, 0.25) is 0 Å². The normalized spacial score (nSPS) is 20.5. The highest BCUT2D eigenvalue weighted by atomic mass is 15.0. The molecule has 0 spiro atoms. The van der Waals surface area contributed by atoms with E-state index in [1.54, 1.807) is 0 Å². The first-order valence-corrected chi connectivity index (χ1v) is 21.8. The second kappa shape index (κ2) is 16.0. The van der Waals surface area contributed by atoms with Gasteiger partial charge < -0.3 is 15.3 Å². The average Bonchev–Trinajstić information content (AvgIpc) is 4.10. The average molecular weight is 785 g/mol. The molecular formula is C56H56N4. The molecule has 1 atom stereocenters. The maximum atomic E-state index is 5.53. The number of allylic oxidation sites excluding steroid dienone is 4. The van der Waals surface area contributed by atoms with Crippen LogP contribution in [0.1, 0.15) is 135 Å². The van der Waals surface area contributed by atoms with E-state index in [9.17, 15) is 0 Å². The SMILES string of the molecule is CC(C)c1ccc(/C2=C3\C=CC(N3)/C(c3ccc(C(C)C)cc3)=c3/cc/c([nH]3)=C(\c3ccc(C(C)C)cc3)c3ccc([nH]3)/C(c3ccc(C(C)C)cc3)=C3/C=CC2=N3)cc1. The fourth-order valence-electron chi connectivity index (χ4n) is 8.80. The summed E-state index contributed by atoms with van der Waals surface area (Å²) in [5.41, 5.74) is 19.4. The predicted molar refractivity (Wildman–Crippen MR) is 253 cm³/mol. The smallest absolute Gasteiger partial charge is 0.0737 e. The Labute approximate surface area is 355 Å². The number of rotatable bonds is 8. The van der Waals surface area contributed by atoms with E-state index in [2.05, 4.69) is 216 Å². The summed E-state index contributed by atoms with van der Waals surface area (Å²) in [5, 5.41) is 6.15. The van der Waals surface area contributed by atoms with E-state index in [4.69, 9.17) is 4.99 Å². The third-order valence-corrected chi connectivity index (χ3v) is 12.5. The van der Waals surface area contributed by atoms with Gasteiger partial charge in [0.15, 0.2) is 0 Å². The van der Waals surface area contributed by atoms with E-state index < -0.39 is 0 Å². The number of nitrogens with zero attached hydrogens (tertiary/aromatic N) is 1. The first-order chi connectivity index (χ1) is 29.0. The molecule has 8 bridgehead atoms. The van der Waals surface area contributed by atoms with Crippen molar-refractivity contribution in [2.75, 3.05) is 0 Å². The number of aliphatic imine (C=N–C) groups is 1. The number of H-pyrrole nitrogens is 2. The van der Waals surface area contributed by atoms with Gasteiger partial charge in [-0.15, -0.1) is 0 Å². The standard InChI is InChI=1S/C56H56N4/c1-33(2)37-9-17-41(18-10-37)53-45-25-27-47(57-45)54(42-19-11-38(12-20-42)34(3)4)49-29-31-51(59-49)56(44-23-15-40(16-24-44)36(7)8)52-32-30-50(60-52)55(48-28-26-46(53)58-48)43-21-13-39(14-22-43)35(5)6/h9-36,45,57-58,60H,1-8H3/b53-46-,54-47-,55-48-,56-51-. The topological polar surface area (TPSA) is 56.0 Å². The molecule has 9 rings (SSSR count). The lowest BCUT2D eigenvalue weighted by Gasteiger charge is -2.19. The third kappa shape index (κ3) is 7.41. The first kappa shape index (κ1) is 39.1. The highest BCUT2D eigenvalue weighted by Crippen LogP contribution is 2.36. The second-order valence-electron chi connectivity index (χ2n) is 17.8. The van der Waals surface area contributed by atoms with Crippen LogP contribution in [0.15, 0.2) is 162 Å². The Hall–Kier alpha value is -6.39. The second-order valence-corrected chi connectivity index (χ2v) is 17.8. The molecule has 4 heteroatoms. The molecule has 300 valence electrons. The van der Waals surface area contributed by atoms with E-state index in [0.717, 1.165) is 72.6 Å². The molecule has 3 aliphatic rings. The van der Waals surface area contributed by atoms with Crippen LogP contribution in [0, 0.1) is 0 Å². The summed E-state index contributed by atoms with van der Waals surface area (Å²) in [5.74, 6) is 1.78. The van der Waals surface area contributed by atoms with E-state index in [-0.39, 0.29) is 6.04 Å². The van der Waals surface area contributed by atoms with Crippen LogP contribution in [-0.2, 0) is 0 Å². The Balaban J connectivity index is 1.34. The molecule has 60 heavy (non-hydrogen) atoms. The number of hydrogen-bond acceptors (Lipinski definition) is 2. The summed E-state index contributed by atoms with van der Waals surface area (Å²) in [6.07, 6.45) is 8.96. The van der Waals surface area contributed by atoms with Gasteiger partial charge in [-0.2, -0.15) is 0 Å². The molecule has 0 aliphatic carbocycles. The molecule has 0 amide bonds. The lowest BCUT2D eigenvalue weighted by molar-refractivity contribution is 0.853. The summed E-state index contributed by atoms with van der Waals surface area (Å²) in [6, 6.07) is 45.2. The van der Waals surface area contributed by atoms with Crippen LogP contribution in [0.25, 0.3) is 22.3 Å². The highest BCUT2D eigenvalue weighted by molar-refractivity contribution is 6.32. The Morgan fingerprint density at radius 2 is 0.867 bits per heavy atom. The van der Waals surface area contributed by atoms with Crippen LogP contribution in [-0.4, -0.2) is 21.7 Å². The van der Waals surface area contributed by atoms with Crippen molar-refractivity contribution >= 4 is 28.0 Å². The zero-order valence-electron chi connectivity index (χ0n) is 36.2. The summed E-state index contributed by atoms with van der Waals surface area (Å²) in [4.78, 5) is 13.4. The Bertz CT molecular complexity index is 2840. The third-order valence-electron chi connectivity index (χ3n) is 12.5. The van der Waals surface area contributed by atoms with Crippen LogP contribution >= 0.6 is 0 Å². The van der Waals surface area contributed by atoms with Crippen molar-refractivity contribution < 1.29 is 0 Å². The lowest BCUT2D eigenvalue weighted by atomic mass is 9.94. The molecule has 4 aromatic carbocycles. The van der Waals surface area contributed by atoms with Gasteiger partial charge >= 0.3 is 0 Å². The van der Waals surface area contributed by atoms with Gasteiger partial charge in [-0.05, 0) is 111 Å². The number of benzene rings is 4. The van der Waals surface area contributed by atoms with Gasteiger partial charge in [0.05, 0.1) is 17.5 Å². The zero-order valence-corrected chi connectivity index (χ0v) is 36.2. The quantitative estimate of drug-likeness (QED) is 0.141. The summed E-state index contributed by atoms with van der Waals surface area (Å²) < 4.78 is 0. The number of nitrogens with one attached hydrogen (secondary N) is 3. The molecule has 0 saturated heterocycles. The Morgan fingerprint density at radius 1 is 0.417 bits per heavy atom. The van der Waals surface area contributed by atoms with Crippen molar-refractivity contribution in [2.24, 2.45) is 4.99 Å². The van der Waals surface area contributed by atoms with Crippen LogP contribution in [0.4, 0.5) is 0 Å². The van der Waals surface area contributed by atoms with Crippen molar-refractivity contribution in [1.29, 1.82) is 0 Å². The number of aromatic amines is 2. The Morgan fingerprint density at radius 3 is 1.38 bits per heavy atom. The van der Waals surface area contributed by atoms with Crippen molar-refractivity contribution in [3.8, 4) is 0 Å². The molecule has 0 fully saturated rings. The van der Waals surface area contributed by atoms with Gasteiger partial charge in [0.25, 0.3) is 0 Å². The minimum atomic E-state index is -0.0869. The minimum Gasteiger partial charge on any atom is -0.374 e. The molecule has 0 saturated carbocycles. The van der Waals surface area contributed by atoms with Crippen molar-refractivity contribution in [3.05, 3.63) is 224 Å². The van der Waals surface area contributed by atoms with Gasteiger partial charge in [0, 0.05) is 50.1 Å². The minimum absolute atomic E-state index is 0.0869. The fraction of sp³-hybridized carbons (Fsp3) is 0.232. The molecular weight excluding hydrogens is 729 g/mol. The summed E-state index contributed by atoms with van der Waals surface area (Å²) in [6.45, 7) is 18.0. The molecule has 3 aliphatic heterocycles. The van der Waals surface area contributed by atoms with E-state index >= 15 is 0 Å². The number of aromatic nitrogens is 2. The lowest BCUT2D eigenvalue weighted by Crippen LogP contribution is -2.30. The summed E-state index contributed by atoms with van der Waals surface area (Å²) >= 11 is 0. The van der Waals surface area contributed by atoms with Crippen molar-refractivity contribution in [3.63, 3.8) is 0 Å². The molecule has 1 unspecified atom stereocenters. The molecule has 0 radical (unpaired) electrons. The largest absolute Gasteiger partial charge is 0.374 e. The molecule has 2 aromatic heterocycles. The summed E-state index contributed by atoms with van der Waals surface area (Å²) in [7, 11) is 0. The monoisotopic (exact) mass is 784 g/mol. The number of hydrogen-bond donors (Lipinski definition) is 3. The van der Waals surface area contributed by atoms with Crippen LogP contribution < -0.4 is 16.0 Å². The van der Waals surface area contributed by atoms with Crippen molar-refractivity contribution in [2.45, 2.75) is 85.1 Å². The number of fused-ring (bicyclic) bond motifs is 7. The van der Waals surface area contributed by atoms with Crippen molar-refractivity contribution in [1.82, 2.24) is 15.3 Å². The van der Waals surface area contributed by atoms with Gasteiger partial charge in [-0.3, -0.25) is 0 Å². The van der Waals surface area contributed by atoms with Crippen LogP contribution in [0.3, 0.4) is 0 Å². The van der Waals surface area contributed by atoms with E-state index in [1.807, 2.05) is 0 Å². The van der Waals surface area contributed by atoms with Gasteiger partial charge in [-0.25, -0.2) is 4.99 Å². The Kier molecular flexibility index (Phi) is 10.4. The molecule has 3 N–H and O–H groups in total. The van der Waals surface area contributed by atoms with Gasteiger partial charge in [-0.1, -0.05) is 159 Å². The van der Waals surface area contributed by atoms with Gasteiger partial charge in [0.1, 0.15) is 0 Å². The fourth-order valence-corrected chi connectivity index (χ4v) is 8.80. The molecule has 5 heterocycles. The highest BCUT2D eigenvalue weighted by Gasteiger charge is 2.27. The maximum absolute atomic E-state index is 5.53.